The molecule has 2 saturated heterocycles. The van der Waals surface area contributed by atoms with Gasteiger partial charge in [0, 0.05) is 39.8 Å². The van der Waals surface area contributed by atoms with Crippen LogP contribution in [-0.2, 0) is 9.53 Å². The van der Waals surface area contributed by atoms with E-state index in [0.29, 0.717) is 6.61 Å². The Hall–Kier alpha value is -0.610. The lowest BCUT2D eigenvalue weighted by atomic mass is 9.97. The van der Waals surface area contributed by atoms with Crippen molar-refractivity contribution in [3.63, 3.8) is 0 Å². The number of nitrogens with zero attached hydrogens (tertiary/aromatic N) is 4. The third-order valence-corrected chi connectivity index (χ3v) is 5.37. The van der Waals surface area contributed by atoms with Crippen LogP contribution in [0.25, 0.3) is 0 Å². The van der Waals surface area contributed by atoms with Crippen LogP contribution in [-0.4, -0.2) is 99.7 Å². The molecule has 0 radical (unpaired) electrons. The van der Waals surface area contributed by atoms with Gasteiger partial charge in [0.25, 0.3) is 0 Å². The summed E-state index contributed by atoms with van der Waals surface area (Å²) < 4.78 is 5.15. The van der Waals surface area contributed by atoms with Gasteiger partial charge in [-0.05, 0) is 59.3 Å². The number of hydrogen-bond donors (Lipinski definition) is 1. The minimum atomic E-state index is -0.0433. The van der Waals surface area contributed by atoms with Gasteiger partial charge in [0.05, 0.1) is 12.5 Å². The fourth-order valence-electron chi connectivity index (χ4n) is 3.75. The van der Waals surface area contributed by atoms with Crippen LogP contribution in [0.1, 0.15) is 32.6 Å². The predicted octanol–water partition coefficient (Wildman–Crippen LogP) is 1.48. The molecule has 2 heterocycles. The number of likely N-dealkylation sites (N-methyl/N-ethyl adjacent to an activating group) is 1. The third-order valence-electron chi connectivity index (χ3n) is 5.37. The largest absolute Gasteiger partial charge is 0.466 e. The van der Waals surface area contributed by atoms with Crippen molar-refractivity contribution < 1.29 is 9.53 Å². The summed E-state index contributed by atoms with van der Waals surface area (Å²) in [7, 11) is 4.05. The standard InChI is InChI=1S/C19H37N5O2.HI/c1-4-26-18(25)17-7-13-24(14-8-17)19(20-2)21-9-5-11-23-12-6-10-22(3)15-16-23;/h17H,4-16H2,1-3H3,(H,20,21);1H. The van der Waals surface area contributed by atoms with E-state index in [-0.39, 0.29) is 35.9 Å². The Morgan fingerprint density at radius 1 is 1.15 bits per heavy atom. The van der Waals surface area contributed by atoms with Gasteiger partial charge < -0.3 is 24.8 Å². The lowest BCUT2D eigenvalue weighted by Gasteiger charge is -2.33. The first-order chi connectivity index (χ1) is 12.6. The van der Waals surface area contributed by atoms with Gasteiger partial charge in [-0.15, -0.1) is 24.0 Å². The number of rotatable bonds is 6. The fraction of sp³-hybridized carbons (Fsp3) is 0.895. The third kappa shape index (κ3) is 8.51. The molecular formula is C19H38IN5O2. The van der Waals surface area contributed by atoms with Crippen molar-refractivity contribution in [1.82, 2.24) is 20.0 Å². The minimum absolute atomic E-state index is 0. The zero-order chi connectivity index (χ0) is 18.8. The normalized spacial score (nSPS) is 20.7. The second-order valence-corrected chi connectivity index (χ2v) is 7.34. The second kappa shape index (κ2) is 13.5. The molecule has 2 rings (SSSR count). The molecular weight excluding hydrogens is 457 g/mol. The van der Waals surface area contributed by atoms with Crippen molar-refractivity contribution in [3.05, 3.63) is 0 Å². The molecule has 0 amide bonds. The van der Waals surface area contributed by atoms with Gasteiger partial charge >= 0.3 is 5.97 Å². The molecule has 0 atom stereocenters. The topological polar surface area (TPSA) is 60.4 Å². The van der Waals surface area contributed by atoms with Gasteiger partial charge in [-0.25, -0.2) is 0 Å². The molecule has 0 aliphatic carbocycles. The fourth-order valence-corrected chi connectivity index (χ4v) is 3.75. The molecule has 27 heavy (non-hydrogen) atoms. The van der Waals surface area contributed by atoms with E-state index in [4.69, 9.17) is 4.74 Å². The number of hydrogen-bond acceptors (Lipinski definition) is 5. The molecule has 0 unspecified atom stereocenters. The zero-order valence-corrected chi connectivity index (χ0v) is 19.6. The Morgan fingerprint density at radius 2 is 1.89 bits per heavy atom. The van der Waals surface area contributed by atoms with Gasteiger partial charge in [0.2, 0.25) is 0 Å². The van der Waals surface area contributed by atoms with E-state index in [2.05, 4.69) is 32.1 Å². The van der Waals surface area contributed by atoms with E-state index in [0.717, 1.165) is 51.4 Å². The smallest absolute Gasteiger partial charge is 0.309 e. The van der Waals surface area contributed by atoms with Crippen molar-refractivity contribution in [2.75, 3.05) is 73.1 Å². The quantitative estimate of drug-likeness (QED) is 0.198. The van der Waals surface area contributed by atoms with E-state index in [1.54, 1.807) is 0 Å². The molecule has 7 nitrogen and oxygen atoms in total. The molecule has 2 fully saturated rings. The first kappa shape index (κ1) is 24.4. The van der Waals surface area contributed by atoms with Crippen LogP contribution in [0.4, 0.5) is 0 Å². The van der Waals surface area contributed by atoms with Crippen LogP contribution in [0.15, 0.2) is 4.99 Å². The molecule has 1 N–H and O–H groups in total. The zero-order valence-electron chi connectivity index (χ0n) is 17.3. The molecule has 8 heteroatoms. The van der Waals surface area contributed by atoms with Crippen molar-refractivity contribution >= 4 is 35.9 Å². The number of carbonyl (C=O) groups excluding carboxylic acids is 1. The van der Waals surface area contributed by atoms with E-state index in [1.165, 1.54) is 32.6 Å². The van der Waals surface area contributed by atoms with Gasteiger partial charge in [-0.2, -0.15) is 0 Å². The number of nitrogens with one attached hydrogen (secondary N) is 1. The predicted molar refractivity (Wildman–Crippen MR) is 121 cm³/mol. The van der Waals surface area contributed by atoms with Gasteiger partial charge in [-0.1, -0.05) is 0 Å². The van der Waals surface area contributed by atoms with Crippen molar-refractivity contribution in [2.45, 2.75) is 32.6 Å². The number of carbonyl (C=O) groups is 1. The summed E-state index contributed by atoms with van der Waals surface area (Å²) in [5, 5.41) is 3.49. The molecule has 2 aliphatic rings. The first-order valence-corrected chi connectivity index (χ1v) is 10.2. The number of esters is 1. The number of guanidine groups is 1. The summed E-state index contributed by atoms with van der Waals surface area (Å²) in [6, 6.07) is 0. The number of piperidine rings is 1. The lowest BCUT2D eigenvalue weighted by molar-refractivity contribution is -0.149. The SMILES string of the molecule is CCOC(=O)C1CCN(C(=NC)NCCCN2CCCN(C)CC2)CC1.I. The van der Waals surface area contributed by atoms with Crippen molar-refractivity contribution in [2.24, 2.45) is 10.9 Å². The summed E-state index contributed by atoms with van der Waals surface area (Å²) in [6.45, 7) is 10.9. The van der Waals surface area contributed by atoms with Crippen LogP contribution in [0.5, 0.6) is 0 Å². The van der Waals surface area contributed by atoms with Gasteiger partial charge in [0.1, 0.15) is 0 Å². The summed E-state index contributed by atoms with van der Waals surface area (Å²) in [5.74, 6) is 0.964. The van der Waals surface area contributed by atoms with Crippen LogP contribution in [0, 0.1) is 5.92 Å². The van der Waals surface area contributed by atoms with Crippen LogP contribution in [0.3, 0.4) is 0 Å². The number of ether oxygens (including phenoxy) is 1. The highest BCUT2D eigenvalue weighted by atomic mass is 127. The summed E-state index contributed by atoms with van der Waals surface area (Å²) in [6.07, 6.45) is 4.09. The Kier molecular flexibility index (Phi) is 12.3. The molecule has 0 aromatic heterocycles. The molecule has 2 aliphatic heterocycles. The van der Waals surface area contributed by atoms with Crippen LogP contribution in [0.2, 0.25) is 0 Å². The monoisotopic (exact) mass is 495 g/mol. The molecule has 158 valence electrons. The summed E-state index contributed by atoms with van der Waals surface area (Å²) in [5.41, 5.74) is 0. The Balaban J connectivity index is 0.00000364. The van der Waals surface area contributed by atoms with Crippen molar-refractivity contribution in [3.8, 4) is 0 Å². The maximum absolute atomic E-state index is 11.9. The Bertz CT molecular complexity index is 455. The average molecular weight is 495 g/mol. The van der Waals surface area contributed by atoms with Crippen molar-refractivity contribution in [1.29, 1.82) is 0 Å². The molecule has 0 spiro atoms. The number of halogens is 1. The van der Waals surface area contributed by atoms with E-state index < -0.39 is 0 Å². The van der Waals surface area contributed by atoms with Crippen LogP contribution >= 0.6 is 24.0 Å². The van der Waals surface area contributed by atoms with E-state index >= 15 is 0 Å². The minimum Gasteiger partial charge on any atom is -0.466 e. The van der Waals surface area contributed by atoms with Gasteiger partial charge in [-0.3, -0.25) is 9.79 Å². The molecule has 0 aromatic carbocycles. The highest BCUT2D eigenvalue weighted by molar-refractivity contribution is 14.0. The van der Waals surface area contributed by atoms with E-state index in [1.807, 2.05) is 14.0 Å². The highest BCUT2D eigenvalue weighted by Gasteiger charge is 2.27. The Morgan fingerprint density at radius 3 is 2.56 bits per heavy atom. The average Bonchev–Trinajstić information content (AvgIpc) is 2.86. The van der Waals surface area contributed by atoms with E-state index in [9.17, 15) is 4.79 Å². The number of likely N-dealkylation sites (tertiary alicyclic amines) is 1. The number of aliphatic imine (C=N–C) groups is 1. The maximum atomic E-state index is 11.9. The maximum Gasteiger partial charge on any atom is 0.309 e. The molecule has 0 saturated carbocycles. The first-order valence-electron chi connectivity index (χ1n) is 10.2. The highest BCUT2D eigenvalue weighted by Crippen LogP contribution is 2.18. The molecule has 0 aromatic rings. The molecule has 0 bridgehead atoms. The Labute approximate surface area is 181 Å². The van der Waals surface area contributed by atoms with Gasteiger partial charge in [0.15, 0.2) is 5.96 Å². The summed E-state index contributed by atoms with van der Waals surface area (Å²) in [4.78, 5) is 23.5. The summed E-state index contributed by atoms with van der Waals surface area (Å²) >= 11 is 0. The second-order valence-electron chi connectivity index (χ2n) is 7.34. The van der Waals surface area contributed by atoms with Crippen LogP contribution < -0.4 is 5.32 Å². The lowest BCUT2D eigenvalue weighted by Crippen LogP contribution is -2.47.